The van der Waals surface area contributed by atoms with E-state index in [9.17, 15) is 9.13 Å². The Balaban J connectivity index is 2.58. The molecular formula is C6H8N2O6P2S. The second kappa shape index (κ2) is 4.07. The second-order valence-corrected chi connectivity index (χ2v) is 7.30. The van der Waals surface area contributed by atoms with Crippen molar-refractivity contribution in [3.05, 3.63) is 22.4 Å². The van der Waals surface area contributed by atoms with Crippen molar-refractivity contribution in [3.8, 4) is 0 Å². The van der Waals surface area contributed by atoms with Crippen LogP contribution >= 0.6 is 27.0 Å². The Morgan fingerprint density at radius 3 is 2.41 bits per heavy atom. The molecule has 17 heavy (non-hydrogen) atoms. The van der Waals surface area contributed by atoms with Crippen molar-refractivity contribution in [2.75, 3.05) is 6.54 Å². The second-order valence-electron chi connectivity index (χ2n) is 3.28. The SMILES string of the molecule is O=P(O)(O)C1=C(P(=O)(O)O)N=C2SC=CN2C1. The molecule has 0 aromatic carbocycles. The molecule has 0 aliphatic carbocycles. The first-order valence-corrected chi connectivity index (χ1v) is 8.34. The highest BCUT2D eigenvalue weighted by molar-refractivity contribution is 8.16. The van der Waals surface area contributed by atoms with E-state index in [1.54, 1.807) is 5.41 Å². The van der Waals surface area contributed by atoms with Gasteiger partial charge in [-0.15, -0.1) is 0 Å². The number of aliphatic imine (C=N–C) groups is 1. The maximum absolute atomic E-state index is 11.2. The molecule has 0 saturated carbocycles. The summed E-state index contributed by atoms with van der Waals surface area (Å²) in [5.41, 5.74) is -0.826. The van der Waals surface area contributed by atoms with Gasteiger partial charge in [-0.3, -0.25) is 9.13 Å². The van der Waals surface area contributed by atoms with Crippen LogP contribution in [-0.2, 0) is 9.13 Å². The maximum atomic E-state index is 11.2. The van der Waals surface area contributed by atoms with Crippen molar-refractivity contribution >= 4 is 32.1 Å². The molecule has 0 bridgehead atoms. The highest BCUT2D eigenvalue weighted by Crippen LogP contribution is 2.58. The minimum Gasteiger partial charge on any atom is -0.322 e. The van der Waals surface area contributed by atoms with Gasteiger partial charge in [-0.05, 0) is 5.41 Å². The van der Waals surface area contributed by atoms with E-state index in [2.05, 4.69) is 4.99 Å². The Hall–Kier alpha value is -0.400. The molecule has 0 aromatic rings. The van der Waals surface area contributed by atoms with Gasteiger partial charge in [0.2, 0.25) is 0 Å². The van der Waals surface area contributed by atoms with Crippen molar-refractivity contribution in [1.82, 2.24) is 4.90 Å². The zero-order chi connectivity index (χ0) is 12.8. The molecule has 2 aliphatic heterocycles. The predicted molar refractivity (Wildman–Crippen MR) is 62.0 cm³/mol. The summed E-state index contributed by atoms with van der Waals surface area (Å²) in [6.07, 6.45) is 1.54. The lowest BCUT2D eigenvalue weighted by Gasteiger charge is -2.25. The van der Waals surface area contributed by atoms with Gasteiger partial charge in [0, 0.05) is 6.20 Å². The Morgan fingerprint density at radius 2 is 1.88 bits per heavy atom. The predicted octanol–water partition coefficient (Wildman–Crippen LogP) is 0.401. The number of fused-ring (bicyclic) bond motifs is 1. The first-order valence-electron chi connectivity index (χ1n) is 4.23. The number of hydrogen-bond donors (Lipinski definition) is 4. The molecule has 0 fully saturated rings. The standard InChI is InChI=1S/C6H8N2O6P2S/c9-15(10,11)4-3-8-1-2-17-6(8)7-5(4)16(12,13)14/h1-2H,3H2,(H2,9,10,11)(H2,12,13,14). The highest BCUT2D eigenvalue weighted by Gasteiger charge is 2.39. The van der Waals surface area contributed by atoms with Crippen molar-refractivity contribution in [2.45, 2.75) is 0 Å². The minimum atomic E-state index is -4.81. The lowest BCUT2D eigenvalue weighted by molar-refractivity contribution is 0.368. The summed E-state index contributed by atoms with van der Waals surface area (Å²) in [5, 5.41) is 1.26. The van der Waals surface area contributed by atoms with E-state index in [0.29, 0.717) is 5.17 Å². The number of amidine groups is 1. The molecule has 0 radical (unpaired) electrons. The molecule has 8 nitrogen and oxygen atoms in total. The van der Waals surface area contributed by atoms with Crippen LogP contribution in [0.4, 0.5) is 0 Å². The normalized spacial score (nSPS) is 20.7. The fourth-order valence-electron chi connectivity index (χ4n) is 1.35. The number of thioether (sulfide) groups is 1. The smallest absolute Gasteiger partial charge is 0.322 e. The van der Waals surface area contributed by atoms with Gasteiger partial charge in [-0.25, -0.2) is 4.99 Å². The lowest BCUT2D eigenvalue weighted by atomic mass is 10.5. The van der Waals surface area contributed by atoms with Gasteiger partial charge >= 0.3 is 15.2 Å². The Kier molecular flexibility index (Phi) is 3.12. The molecule has 0 spiro atoms. The summed E-state index contributed by atoms with van der Waals surface area (Å²) in [7, 11) is -9.56. The topological polar surface area (TPSA) is 131 Å². The van der Waals surface area contributed by atoms with E-state index in [4.69, 9.17) is 19.6 Å². The fraction of sp³-hybridized carbons (Fsp3) is 0.167. The van der Waals surface area contributed by atoms with Gasteiger partial charge in [0.1, 0.15) is 0 Å². The Morgan fingerprint density at radius 1 is 1.24 bits per heavy atom. The molecule has 2 rings (SSSR count). The molecule has 2 heterocycles. The summed E-state index contributed by atoms with van der Waals surface area (Å²) >= 11 is 1.12. The third-order valence-corrected chi connectivity index (χ3v) is 5.02. The summed E-state index contributed by atoms with van der Waals surface area (Å²) in [5.74, 6) is 0. The molecular weight excluding hydrogens is 290 g/mol. The minimum absolute atomic E-state index is 0.271. The van der Waals surface area contributed by atoms with Crippen LogP contribution in [-0.4, -0.2) is 36.2 Å². The average Bonchev–Trinajstić information content (AvgIpc) is 2.59. The molecule has 0 atom stereocenters. The number of rotatable bonds is 2. The van der Waals surface area contributed by atoms with Crippen molar-refractivity contribution in [3.63, 3.8) is 0 Å². The van der Waals surface area contributed by atoms with Crippen LogP contribution in [0.25, 0.3) is 0 Å². The zero-order valence-electron chi connectivity index (χ0n) is 8.16. The lowest BCUT2D eigenvalue weighted by Crippen LogP contribution is -2.26. The van der Waals surface area contributed by atoms with E-state index >= 15 is 0 Å². The molecule has 94 valence electrons. The van der Waals surface area contributed by atoms with Crippen LogP contribution in [0.2, 0.25) is 0 Å². The quantitative estimate of drug-likeness (QED) is 0.539. The molecule has 0 aromatic heterocycles. The van der Waals surface area contributed by atoms with E-state index in [1.165, 1.54) is 11.1 Å². The number of nitrogens with zero attached hydrogens (tertiary/aromatic N) is 2. The van der Waals surface area contributed by atoms with E-state index in [0.717, 1.165) is 11.8 Å². The van der Waals surface area contributed by atoms with Crippen LogP contribution in [0.3, 0.4) is 0 Å². The number of hydrogen-bond acceptors (Lipinski definition) is 5. The van der Waals surface area contributed by atoms with Gasteiger partial charge in [-0.1, -0.05) is 11.8 Å². The molecule has 0 unspecified atom stereocenters. The first-order chi connectivity index (χ1) is 7.69. The molecule has 0 amide bonds. The molecule has 11 heteroatoms. The summed E-state index contributed by atoms with van der Waals surface area (Å²) in [6.45, 7) is -0.271. The third kappa shape index (κ3) is 2.56. The van der Waals surface area contributed by atoms with Gasteiger partial charge < -0.3 is 24.5 Å². The monoisotopic (exact) mass is 298 g/mol. The summed E-state index contributed by atoms with van der Waals surface area (Å²) < 4.78 is 22.4. The van der Waals surface area contributed by atoms with Crippen molar-refractivity contribution < 1.29 is 28.7 Å². The third-order valence-electron chi connectivity index (χ3n) is 2.07. The van der Waals surface area contributed by atoms with Crippen molar-refractivity contribution in [1.29, 1.82) is 0 Å². The molecule has 2 aliphatic rings. The Bertz CT molecular complexity index is 543. The van der Waals surface area contributed by atoms with Gasteiger partial charge in [0.05, 0.1) is 11.9 Å². The summed E-state index contributed by atoms with van der Waals surface area (Å²) in [6, 6.07) is 0. The van der Waals surface area contributed by atoms with E-state index in [-0.39, 0.29) is 6.54 Å². The van der Waals surface area contributed by atoms with Crippen LogP contribution in [0.5, 0.6) is 0 Å². The van der Waals surface area contributed by atoms with Gasteiger partial charge in [0.25, 0.3) is 0 Å². The molecule has 4 N–H and O–H groups in total. The van der Waals surface area contributed by atoms with Gasteiger partial charge in [-0.2, -0.15) is 0 Å². The fourth-order valence-corrected chi connectivity index (χ4v) is 4.21. The van der Waals surface area contributed by atoms with E-state index < -0.39 is 25.9 Å². The van der Waals surface area contributed by atoms with Crippen LogP contribution in [0.15, 0.2) is 27.4 Å². The largest absolute Gasteiger partial charge is 0.375 e. The Labute approximate surface area is 100 Å². The maximum Gasteiger partial charge on any atom is 0.375 e. The van der Waals surface area contributed by atoms with Crippen LogP contribution < -0.4 is 0 Å². The zero-order valence-corrected chi connectivity index (χ0v) is 10.8. The first kappa shape index (κ1) is 13.0. The average molecular weight is 298 g/mol. The highest BCUT2D eigenvalue weighted by atomic mass is 32.2. The van der Waals surface area contributed by atoms with E-state index in [1.807, 2.05) is 0 Å². The van der Waals surface area contributed by atoms with Gasteiger partial charge in [0.15, 0.2) is 10.6 Å². The molecule has 0 saturated heterocycles. The van der Waals surface area contributed by atoms with Crippen molar-refractivity contribution in [2.24, 2.45) is 4.99 Å². The summed E-state index contributed by atoms with van der Waals surface area (Å²) in [4.78, 5) is 41.3. The van der Waals surface area contributed by atoms with Crippen LogP contribution in [0, 0.1) is 0 Å². The van der Waals surface area contributed by atoms with Crippen LogP contribution in [0.1, 0.15) is 0 Å².